The average Bonchev–Trinajstić information content (AvgIpc) is 3.60. The van der Waals surface area contributed by atoms with Crippen molar-refractivity contribution in [3.8, 4) is 0 Å². The fourth-order valence-electron chi connectivity index (χ4n) is 4.67. The quantitative estimate of drug-likeness (QED) is 0.630. The fourth-order valence-corrected chi connectivity index (χ4v) is 8.01. The molecule has 1 aromatic rings. The van der Waals surface area contributed by atoms with Gasteiger partial charge in [0.05, 0.1) is 23.0 Å². The van der Waals surface area contributed by atoms with Crippen LogP contribution in [0, 0.1) is 5.92 Å². The standard InChI is InChI=1S/C21H32N2O5S2/c1-2-17-3-5-18(6-4-17)23(19-7-8-19)30(26,27)21-11-9-20(10-12-21)29(24,25)22-13-15-28-16-14-22/h9-12,17-19H,2-8,13-16H2,1H3. The van der Waals surface area contributed by atoms with Gasteiger partial charge < -0.3 is 4.74 Å². The van der Waals surface area contributed by atoms with Gasteiger partial charge in [0.1, 0.15) is 0 Å². The summed E-state index contributed by atoms with van der Waals surface area (Å²) in [5, 5.41) is 0. The van der Waals surface area contributed by atoms with Gasteiger partial charge in [-0.05, 0) is 68.7 Å². The predicted octanol–water partition coefficient (Wildman–Crippen LogP) is 2.83. The maximum atomic E-state index is 13.5. The molecule has 0 unspecified atom stereocenters. The number of benzene rings is 1. The summed E-state index contributed by atoms with van der Waals surface area (Å²) in [7, 11) is -7.28. The van der Waals surface area contributed by atoms with Gasteiger partial charge in [-0.1, -0.05) is 13.3 Å². The molecule has 3 aliphatic rings. The molecule has 1 saturated heterocycles. The van der Waals surface area contributed by atoms with Gasteiger partial charge in [0.2, 0.25) is 20.0 Å². The molecule has 7 nitrogen and oxygen atoms in total. The number of nitrogens with zero attached hydrogens (tertiary/aromatic N) is 2. The summed E-state index contributed by atoms with van der Waals surface area (Å²) in [6.45, 7) is 3.59. The molecule has 0 aromatic heterocycles. The van der Waals surface area contributed by atoms with Crippen molar-refractivity contribution < 1.29 is 21.6 Å². The number of ether oxygens (including phenoxy) is 1. The van der Waals surface area contributed by atoms with Crippen molar-refractivity contribution in [2.24, 2.45) is 5.92 Å². The van der Waals surface area contributed by atoms with Crippen molar-refractivity contribution in [2.75, 3.05) is 26.3 Å². The number of hydrogen-bond acceptors (Lipinski definition) is 5. The van der Waals surface area contributed by atoms with Crippen molar-refractivity contribution in [2.45, 2.75) is 73.7 Å². The van der Waals surface area contributed by atoms with Crippen LogP contribution < -0.4 is 0 Å². The Morgan fingerprint density at radius 3 is 1.87 bits per heavy atom. The Hall–Kier alpha value is -1.00. The predicted molar refractivity (Wildman–Crippen MR) is 114 cm³/mol. The van der Waals surface area contributed by atoms with Crippen LogP contribution in [0.3, 0.4) is 0 Å². The molecular weight excluding hydrogens is 424 g/mol. The van der Waals surface area contributed by atoms with E-state index in [4.69, 9.17) is 4.74 Å². The second-order valence-electron chi connectivity index (χ2n) is 8.64. The number of morpholine rings is 1. The molecule has 1 heterocycles. The molecule has 0 N–H and O–H groups in total. The molecule has 2 saturated carbocycles. The van der Waals surface area contributed by atoms with E-state index in [0.29, 0.717) is 32.2 Å². The Bertz CT molecular complexity index is 928. The first kappa shape index (κ1) is 22.2. The highest BCUT2D eigenvalue weighted by molar-refractivity contribution is 7.89. The van der Waals surface area contributed by atoms with E-state index in [1.54, 1.807) is 4.31 Å². The molecule has 3 fully saturated rings. The molecule has 1 aromatic carbocycles. The lowest BCUT2D eigenvalue weighted by Crippen LogP contribution is -2.43. The van der Waals surface area contributed by atoms with Crippen molar-refractivity contribution in [1.29, 1.82) is 0 Å². The molecular formula is C21H32N2O5S2. The highest BCUT2D eigenvalue weighted by Crippen LogP contribution is 2.39. The van der Waals surface area contributed by atoms with Crippen LogP contribution in [0.2, 0.25) is 0 Å². The zero-order chi connectivity index (χ0) is 21.4. The minimum absolute atomic E-state index is 0.0575. The van der Waals surface area contributed by atoms with Crippen LogP contribution in [0.1, 0.15) is 51.9 Å². The second kappa shape index (κ2) is 8.86. The van der Waals surface area contributed by atoms with Gasteiger partial charge >= 0.3 is 0 Å². The third-order valence-electron chi connectivity index (χ3n) is 6.67. The molecule has 2 aliphatic carbocycles. The topological polar surface area (TPSA) is 84.0 Å². The van der Waals surface area contributed by atoms with Crippen molar-refractivity contribution in [3.05, 3.63) is 24.3 Å². The van der Waals surface area contributed by atoms with Crippen LogP contribution in [0.4, 0.5) is 0 Å². The minimum atomic E-state index is -3.64. The normalized spacial score (nSPS) is 26.7. The summed E-state index contributed by atoms with van der Waals surface area (Å²) in [5.41, 5.74) is 0. The van der Waals surface area contributed by atoms with Gasteiger partial charge in [0.25, 0.3) is 0 Å². The zero-order valence-corrected chi connectivity index (χ0v) is 19.2. The van der Waals surface area contributed by atoms with Gasteiger partial charge in [0.15, 0.2) is 0 Å². The molecule has 30 heavy (non-hydrogen) atoms. The van der Waals surface area contributed by atoms with E-state index in [0.717, 1.165) is 44.9 Å². The van der Waals surface area contributed by atoms with Gasteiger partial charge in [-0.15, -0.1) is 0 Å². The van der Waals surface area contributed by atoms with E-state index < -0.39 is 20.0 Å². The summed E-state index contributed by atoms with van der Waals surface area (Å²) in [6, 6.07) is 5.91. The monoisotopic (exact) mass is 456 g/mol. The Labute approximate surface area is 180 Å². The van der Waals surface area contributed by atoms with Crippen LogP contribution in [0.5, 0.6) is 0 Å². The third-order valence-corrected chi connectivity index (χ3v) is 10.6. The first-order chi connectivity index (χ1) is 14.3. The number of sulfonamides is 2. The van der Waals surface area contributed by atoms with Crippen LogP contribution in [0.15, 0.2) is 34.1 Å². The second-order valence-corrected chi connectivity index (χ2v) is 12.4. The maximum Gasteiger partial charge on any atom is 0.243 e. The van der Waals surface area contributed by atoms with Crippen molar-refractivity contribution in [3.63, 3.8) is 0 Å². The summed E-state index contributed by atoms with van der Waals surface area (Å²) in [6.07, 6.45) is 6.97. The van der Waals surface area contributed by atoms with Gasteiger partial charge in [0, 0.05) is 25.2 Å². The van der Waals surface area contributed by atoms with Crippen LogP contribution in [-0.2, 0) is 24.8 Å². The van der Waals surface area contributed by atoms with Crippen LogP contribution in [0.25, 0.3) is 0 Å². The zero-order valence-electron chi connectivity index (χ0n) is 17.6. The number of rotatable bonds is 7. The van der Waals surface area contributed by atoms with E-state index in [2.05, 4.69) is 6.92 Å². The lowest BCUT2D eigenvalue weighted by Gasteiger charge is -2.36. The Balaban J connectivity index is 1.54. The van der Waals surface area contributed by atoms with Crippen LogP contribution in [-0.4, -0.2) is 63.8 Å². The minimum Gasteiger partial charge on any atom is -0.379 e. The Morgan fingerprint density at radius 2 is 1.37 bits per heavy atom. The van der Waals surface area contributed by atoms with E-state index >= 15 is 0 Å². The van der Waals surface area contributed by atoms with E-state index in [-0.39, 0.29) is 21.9 Å². The molecule has 0 radical (unpaired) electrons. The molecule has 0 amide bonds. The average molecular weight is 457 g/mol. The SMILES string of the molecule is CCC1CCC(N(C2CC2)S(=O)(=O)c2ccc(S(=O)(=O)N3CCOCC3)cc2)CC1. The largest absolute Gasteiger partial charge is 0.379 e. The molecule has 0 bridgehead atoms. The van der Waals surface area contributed by atoms with E-state index in [9.17, 15) is 16.8 Å². The smallest absolute Gasteiger partial charge is 0.243 e. The lowest BCUT2D eigenvalue weighted by molar-refractivity contribution is 0.0730. The number of hydrogen-bond donors (Lipinski definition) is 0. The molecule has 168 valence electrons. The van der Waals surface area contributed by atoms with Gasteiger partial charge in [-0.3, -0.25) is 0 Å². The highest BCUT2D eigenvalue weighted by atomic mass is 32.2. The van der Waals surface area contributed by atoms with E-state index in [1.807, 2.05) is 0 Å². The highest BCUT2D eigenvalue weighted by Gasteiger charge is 2.43. The van der Waals surface area contributed by atoms with Gasteiger partial charge in [-0.25, -0.2) is 16.8 Å². The fraction of sp³-hybridized carbons (Fsp3) is 0.714. The van der Waals surface area contributed by atoms with E-state index in [1.165, 1.54) is 28.6 Å². The first-order valence-electron chi connectivity index (χ1n) is 11.1. The molecule has 0 spiro atoms. The summed E-state index contributed by atoms with van der Waals surface area (Å²) in [4.78, 5) is 0.317. The first-order valence-corrected chi connectivity index (χ1v) is 13.9. The summed E-state index contributed by atoms with van der Waals surface area (Å²) in [5.74, 6) is 0.703. The Kier molecular flexibility index (Phi) is 6.56. The van der Waals surface area contributed by atoms with Crippen molar-refractivity contribution >= 4 is 20.0 Å². The third kappa shape index (κ3) is 4.46. The van der Waals surface area contributed by atoms with Crippen molar-refractivity contribution in [1.82, 2.24) is 8.61 Å². The summed E-state index contributed by atoms with van der Waals surface area (Å²) >= 11 is 0. The lowest BCUT2D eigenvalue weighted by atomic mass is 9.84. The maximum absolute atomic E-state index is 13.5. The Morgan fingerprint density at radius 1 is 0.867 bits per heavy atom. The van der Waals surface area contributed by atoms with Crippen LogP contribution >= 0.6 is 0 Å². The summed E-state index contributed by atoms with van der Waals surface area (Å²) < 4.78 is 60.9. The molecule has 4 rings (SSSR count). The van der Waals surface area contributed by atoms with Gasteiger partial charge in [-0.2, -0.15) is 8.61 Å². The molecule has 9 heteroatoms. The molecule has 1 aliphatic heterocycles. The molecule has 0 atom stereocenters.